The lowest BCUT2D eigenvalue weighted by Gasteiger charge is -2.15. The molecule has 0 fully saturated rings. The zero-order chi connectivity index (χ0) is 19.6. The molecule has 3 aromatic rings. The SMILES string of the molecule is C=C(C)CNc1c(CCc2c(F)cc(OC)cc2F)c(Cl)nc2ncnn12. The van der Waals surface area contributed by atoms with Gasteiger partial charge >= 0.3 is 0 Å². The smallest absolute Gasteiger partial charge is 0.255 e. The molecule has 0 unspecified atom stereocenters. The molecule has 142 valence electrons. The summed E-state index contributed by atoms with van der Waals surface area (Å²) in [6.07, 6.45) is 1.70. The standard InChI is InChI=1S/C18H18ClF2N5O/c1-10(2)8-22-17-13(16(19)25-18-23-9-24-26(17)18)5-4-12-14(20)6-11(27-3)7-15(12)21/h6-7,9,22H,1,4-5,8H2,2-3H3. The van der Waals surface area contributed by atoms with E-state index in [1.165, 1.54) is 18.0 Å². The third-order valence-corrected chi connectivity index (χ3v) is 4.32. The Hall–Kier alpha value is -2.74. The molecule has 0 aliphatic heterocycles. The largest absolute Gasteiger partial charge is 0.497 e. The monoisotopic (exact) mass is 393 g/mol. The topological polar surface area (TPSA) is 64.3 Å². The average Bonchev–Trinajstić information content (AvgIpc) is 3.07. The third kappa shape index (κ3) is 4.00. The molecule has 0 saturated carbocycles. The Kier molecular flexibility index (Phi) is 5.55. The molecule has 6 nitrogen and oxygen atoms in total. The molecule has 0 saturated heterocycles. The van der Waals surface area contributed by atoms with Gasteiger partial charge in [-0.1, -0.05) is 23.8 Å². The number of rotatable bonds is 7. The van der Waals surface area contributed by atoms with Crippen LogP contribution in [0.5, 0.6) is 5.75 Å². The van der Waals surface area contributed by atoms with Crippen LogP contribution in [-0.2, 0) is 12.8 Å². The fourth-order valence-corrected chi connectivity index (χ4v) is 2.93. The molecule has 0 aliphatic rings. The second kappa shape index (κ2) is 7.87. The van der Waals surface area contributed by atoms with Crippen LogP contribution in [0.3, 0.4) is 0 Å². The van der Waals surface area contributed by atoms with Crippen molar-refractivity contribution in [2.75, 3.05) is 19.0 Å². The van der Waals surface area contributed by atoms with Gasteiger partial charge in [-0.25, -0.2) is 8.78 Å². The van der Waals surface area contributed by atoms with Gasteiger partial charge in [0, 0.05) is 29.8 Å². The Morgan fingerprint density at radius 3 is 2.56 bits per heavy atom. The normalized spacial score (nSPS) is 11.0. The summed E-state index contributed by atoms with van der Waals surface area (Å²) in [7, 11) is 1.35. The van der Waals surface area contributed by atoms with E-state index in [1.807, 2.05) is 6.92 Å². The van der Waals surface area contributed by atoms with Crippen molar-refractivity contribution in [1.29, 1.82) is 0 Å². The first-order valence-corrected chi connectivity index (χ1v) is 8.56. The van der Waals surface area contributed by atoms with Crippen molar-refractivity contribution < 1.29 is 13.5 Å². The molecule has 3 rings (SSSR count). The number of aromatic nitrogens is 4. The summed E-state index contributed by atoms with van der Waals surface area (Å²) in [4.78, 5) is 8.23. The molecule has 0 bridgehead atoms. The number of fused-ring (bicyclic) bond motifs is 1. The van der Waals surface area contributed by atoms with Gasteiger partial charge in [-0.2, -0.15) is 19.6 Å². The van der Waals surface area contributed by atoms with Gasteiger partial charge in [0.2, 0.25) is 0 Å². The molecule has 0 atom stereocenters. The van der Waals surface area contributed by atoms with Crippen molar-refractivity contribution in [1.82, 2.24) is 19.6 Å². The number of benzene rings is 1. The van der Waals surface area contributed by atoms with Crippen LogP contribution in [0.2, 0.25) is 5.15 Å². The molecule has 0 spiro atoms. The van der Waals surface area contributed by atoms with Gasteiger partial charge in [-0.3, -0.25) is 0 Å². The minimum Gasteiger partial charge on any atom is -0.497 e. The fraction of sp³-hybridized carbons (Fsp3) is 0.278. The lowest BCUT2D eigenvalue weighted by atomic mass is 10.0. The number of ether oxygens (including phenoxy) is 1. The maximum absolute atomic E-state index is 14.2. The van der Waals surface area contributed by atoms with E-state index in [2.05, 4.69) is 27.0 Å². The molecule has 9 heteroatoms. The van der Waals surface area contributed by atoms with Crippen molar-refractivity contribution in [3.63, 3.8) is 0 Å². The Morgan fingerprint density at radius 1 is 1.26 bits per heavy atom. The highest BCUT2D eigenvalue weighted by molar-refractivity contribution is 6.30. The molecule has 0 aliphatic carbocycles. The van der Waals surface area contributed by atoms with Crippen molar-refractivity contribution >= 4 is 23.2 Å². The van der Waals surface area contributed by atoms with E-state index in [1.54, 1.807) is 0 Å². The first kappa shape index (κ1) is 19.0. The lowest BCUT2D eigenvalue weighted by molar-refractivity contribution is 0.405. The second-order valence-corrected chi connectivity index (χ2v) is 6.44. The summed E-state index contributed by atoms with van der Waals surface area (Å²) < 4.78 is 34.9. The van der Waals surface area contributed by atoms with E-state index in [-0.39, 0.29) is 29.3 Å². The number of halogens is 3. The highest BCUT2D eigenvalue weighted by atomic mass is 35.5. The van der Waals surface area contributed by atoms with E-state index in [0.29, 0.717) is 23.7 Å². The van der Waals surface area contributed by atoms with Gasteiger partial charge in [0.05, 0.1) is 7.11 Å². The minimum atomic E-state index is -0.672. The Balaban J connectivity index is 1.96. The van der Waals surface area contributed by atoms with E-state index in [4.69, 9.17) is 16.3 Å². The molecule has 2 heterocycles. The summed E-state index contributed by atoms with van der Waals surface area (Å²) >= 11 is 6.31. The first-order chi connectivity index (χ1) is 12.9. The molecule has 0 radical (unpaired) electrons. The van der Waals surface area contributed by atoms with Gasteiger partial charge in [0.25, 0.3) is 5.78 Å². The molecule has 0 amide bonds. The van der Waals surface area contributed by atoms with Crippen LogP contribution in [0.4, 0.5) is 14.6 Å². The van der Waals surface area contributed by atoms with Crippen molar-refractivity contribution in [2.45, 2.75) is 19.8 Å². The number of nitrogens with zero attached hydrogens (tertiary/aromatic N) is 4. The van der Waals surface area contributed by atoms with E-state index in [9.17, 15) is 8.78 Å². The zero-order valence-electron chi connectivity index (χ0n) is 14.9. The summed E-state index contributed by atoms with van der Waals surface area (Å²) in [5.74, 6) is -0.320. The summed E-state index contributed by atoms with van der Waals surface area (Å²) in [5.41, 5.74) is 1.44. The zero-order valence-corrected chi connectivity index (χ0v) is 15.6. The van der Waals surface area contributed by atoms with E-state index >= 15 is 0 Å². The Labute approximate surface area is 159 Å². The third-order valence-electron chi connectivity index (χ3n) is 4.01. The maximum Gasteiger partial charge on any atom is 0.255 e. The summed E-state index contributed by atoms with van der Waals surface area (Å²) in [6, 6.07) is 2.30. The van der Waals surface area contributed by atoms with Gasteiger partial charge < -0.3 is 10.1 Å². The lowest BCUT2D eigenvalue weighted by Crippen LogP contribution is -2.13. The predicted molar refractivity (Wildman–Crippen MR) is 99.4 cm³/mol. The maximum atomic E-state index is 14.2. The van der Waals surface area contributed by atoms with Crippen molar-refractivity contribution in [3.8, 4) is 5.75 Å². The molecular weight excluding hydrogens is 376 g/mol. The minimum absolute atomic E-state index is 0.0450. The number of hydrogen-bond acceptors (Lipinski definition) is 5. The predicted octanol–water partition coefficient (Wildman–Crippen LogP) is 3.84. The van der Waals surface area contributed by atoms with E-state index in [0.717, 1.165) is 17.7 Å². The van der Waals surface area contributed by atoms with Crippen molar-refractivity contribution in [3.05, 3.63) is 58.5 Å². The van der Waals surface area contributed by atoms with Gasteiger partial charge in [-0.15, -0.1) is 0 Å². The first-order valence-electron chi connectivity index (χ1n) is 8.19. The van der Waals surface area contributed by atoms with Crippen LogP contribution < -0.4 is 10.1 Å². The molecule has 1 aromatic carbocycles. The van der Waals surface area contributed by atoms with Crippen LogP contribution in [0.25, 0.3) is 5.78 Å². The quantitative estimate of drug-likeness (QED) is 0.488. The van der Waals surface area contributed by atoms with Gasteiger partial charge in [-0.05, 0) is 19.8 Å². The second-order valence-electron chi connectivity index (χ2n) is 6.08. The van der Waals surface area contributed by atoms with Gasteiger partial charge in [0.1, 0.15) is 34.7 Å². The Morgan fingerprint density at radius 2 is 1.93 bits per heavy atom. The van der Waals surface area contributed by atoms with Crippen LogP contribution >= 0.6 is 11.6 Å². The number of anilines is 1. The average molecular weight is 394 g/mol. The Bertz CT molecular complexity index is 982. The van der Waals surface area contributed by atoms with Crippen molar-refractivity contribution in [2.24, 2.45) is 0 Å². The number of hydrogen-bond donors (Lipinski definition) is 1. The van der Waals surface area contributed by atoms with E-state index < -0.39 is 11.6 Å². The highest BCUT2D eigenvalue weighted by Gasteiger charge is 2.18. The van der Waals surface area contributed by atoms with Gasteiger partial charge in [0.15, 0.2) is 0 Å². The highest BCUT2D eigenvalue weighted by Crippen LogP contribution is 2.27. The summed E-state index contributed by atoms with van der Waals surface area (Å²) in [6.45, 7) is 6.21. The summed E-state index contributed by atoms with van der Waals surface area (Å²) in [5, 5.41) is 7.54. The number of methoxy groups -OCH3 is 1. The fourth-order valence-electron chi connectivity index (χ4n) is 2.67. The molecule has 1 N–H and O–H groups in total. The molecule has 2 aromatic heterocycles. The number of nitrogens with one attached hydrogen (secondary N) is 1. The van der Waals surface area contributed by atoms with Crippen LogP contribution in [0, 0.1) is 11.6 Å². The van der Waals surface area contributed by atoms with Crippen LogP contribution in [-0.4, -0.2) is 33.2 Å². The molecular formula is C18H18ClF2N5O. The van der Waals surface area contributed by atoms with Crippen LogP contribution in [0.1, 0.15) is 18.1 Å². The van der Waals surface area contributed by atoms with Crippen LogP contribution in [0.15, 0.2) is 30.6 Å². The molecule has 27 heavy (non-hydrogen) atoms.